The molecule has 0 heterocycles. The van der Waals surface area contributed by atoms with E-state index < -0.39 is 5.54 Å². The van der Waals surface area contributed by atoms with E-state index in [1.54, 1.807) is 0 Å². The molecule has 0 saturated heterocycles. The molecule has 1 aliphatic rings. The first-order valence-electron chi connectivity index (χ1n) is 6.58. The second-order valence-corrected chi connectivity index (χ2v) is 5.98. The standard InChI is InChI=1S/C13H24N2O2S/c1-9(2)17-8-11(16)15-13(12(14)18)6-4-10(3)5-7-13/h9-10H,4-8H2,1-3H3,(H2,14,18)(H,15,16). The van der Waals surface area contributed by atoms with E-state index in [-0.39, 0.29) is 18.6 Å². The van der Waals surface area contributed by atoms with E-state index >= 15 is 0 Å². The van der Waals surface area contributed by atoms with E-state index in [1.165, 1.54) is 0 Å². The van der Waals surface area contributed by atoms with E-state index in [0.29, 0.717) is 10.9 Å². The molecule has 0 aromatic carbocycles. The fourth-order valence-electron chi connectivity index (χ4n) is 2.23. The lowest BCUT2D eigenvalue weighted by Gasteiger charge is -2.39. The van der Waals surface area contributed by atoms with Crippen LogP contribution in [-0.2, 0) is 9.53 Å². The first kappa shape index (κ1) is 15.4. The summed E-state index contributed by atoms with van der Waals surface area (Å²) >= 11 is 5.14. The van der Waals surface area contributed by atoms with Crippen molar-refractivity contribution in [1.82, 2.24) is 5.32 Å². The molecule has 5 heteroatoms. The van der Waals surface area contributed by atoms with Gasteiger partial charge in [-0.05, 0) is 45.4 Å². The lowest BCUT2D eigenvalue weighted by molar-refractivity contribution is -0.128. The molecule has 0 atom stereocenters. The highest BCUT2D eigenvalue weighted by Gasteiger charge is 2.38. The number of thiocarbonyl (C=S) groups is 1. The third-order valence-electron chi connectivity index (χ3n) is 3.53. The summed E-state index contributed by atoms with van der Waals surface area (Å²) in [6.45, 7) is 6.09. The Morgan fingerprint density at radius 2 is 2.06 bits per heavy atom. The summed E-state index contributed by atoms with van der Waals surface area (Å²) in [5.41, 5.74) is 5.33. The van der Waals surface area contributed by atoms with Gasteiger partial charge in [0.05, 0.1) is 16.6 Å². The number of hydrogen-bond donors (Lipinski definition) is 2. The molecule has 0 unspecified atom stereocenters. The van der Waals surface area contributed by atoms with E-state index in [1.807, 2.05) is 13.8 Å². The summed E-state index contributed by atoms with van der Waals surface area (Å²) in [6, 6.07) is 0. The topological polar surface area (TPSA) is 64.3 Å². The summed E-state index contributed by atoms with van der Waals surface area (Å²) in [4.78, 5) is 12.3. The summed E-state index contributed by atoms with van der Waals surface area (Å²) in [6.07, 6.45) is 3.79. The van der Waals surface area contributed by atoms with Crippen LogP contribution in [0, 0.1) is 5.92 Å². The highest BCUT2D eigenvalue weighted by molar-refractivity contribution is 7.80. The first-order chi connectivity index (χ1) is 8.35. The molecule has 0 aromatic heterocycles. The van der Waals surface area contributed by atoms with Crippen LogP contribution in [0.15, 0.2) is 0 Å². The van der Waals surface area contributed by atoms with Gasteiger partial charge < -0.3 is 15.8 Å². The van der Waals surface area contributed by atoms with Crippen molar-refractivity contribution in [3.8, 4) is 0 Å². The average molecular weight is 272 g/mol. The maximum atomic E-state index is 11.9. The van der Waals surface area contributed by atoms with E-state index in [4.69, 9.17) is 22.7 Å². The number of rotatable bonds is 5. The van der Waals surface area contributed by atoms with Gasteiger partial charge in [-0.3, -0.25) is 4.79 Å². The van der Waals surface area contributed by atoms with Crippen LogP contribution in [0.25, 0.3) is 0 Å². The van der Waals surface area contributed by atoms with Crippen molar-refractivity contribution in [1.29, 1.82) is 0 Å². The Balaban J connectivity index is 2.58. The van der Waals surface area contributed by atoms with Gasteiger partial charge >= 0.3 is 0 Å². The van der Waals surface area contributed by atoms with Crippen molar-refractivity contribution >= 4 is 23.1 Å². The Morgan fingerprint density at radius 1 is 1.50 bits per heavy atom. The van der Waals surface area contributed by atoms with Crippen LogP contribution in [0.4, 0.5) is 0 Å². The highest BCUT2D eigenvalue weighted by atomic mass is 32.1. The molecule has 1 saturated carbocycles. The Bertz CT molecular complexity index is 310. The molecule has 4 nitrogen and oxygen atoms in total. The monoisotopic (exact) mass is 272 g/mol. The molecule has 1 rings (SSSR count). The van der Waals surface area contributed by atoms with Crippen molar-refractivity contribution in [3.05, 3.63) is 0 Å². The van der Waals surface area contributed by atoms with Crippen molar-refractivity contribution in [2.24, 2.45) is 11.7 Å². The second-order valence-electron chi connectivity index (χ2n) is 5.54. The number of carbonyl (C=O) groups excluding carboxylic acids is 1. The predicted molar refractivity (Wildman–Crippen MR) is 76.4 cm³/mol. The fourth-order valence-corrected chi connectivity index (χ4v) is 2.49. The normalized spacial score (nSPS) is 28.1. The zero-order valence-electron chi connectivity index (χ0n) is 11.5. The molecule has 1 amide bonds. The van der Waals surface area contributed by atoms with Gasteiger partial charge in [0.15, 0.2) is 0 Å². The molecule has 0 aliphatic heterocycles. The maximum absolute atomic E-state index is 11.9. The summed E-state index contributed by atoms with van der Waals surface area (Å²) in [7, 11) is 0. The average Bonchev–Trinajstić information content (AvgIpc) is 2.29. The minimum Gasteiger partial charge on any atom is -0.391 e. The number of nitrogens with two attached hydrogens (primary N) is 1. The van der Waals surface area contributed by atoms with Crippen molar-refractivity contribution in [2.75, 3.05) is 6.61 Å². The van der Waals surface area contributed by atoms with Gasteiger partial charge in [0.25, 0.3) is 0 Å². The molecule has 1 aliphatic carbocycles. The molecule has 104 valence electrons. The van der Waals surface area contributed by atoms with E-state index in [2.05, 4.69) is 12.2 Å². The Labute approximate surface area is 115 Å². The molecular weight excluding hydrogens is 248 g/mol. The van der Waals surface area contributed by atoms with Crippen LogP contribution >= 0.6 is 12.2 Å². The third kappa shape index (κ3) is 4.21. The number of nitrogens with one attached hydrogen (secondary N) is 1. The Kier molecular flexibility index (Phi) is 5.53. The SMILES string of the molecule is CC1CCC(NC(=O)COC(C)C)(C(N)=S)CC1. The zero-order chi connectivity index (χ0) is 13.8. The summed E-state index contributed by atoms with van der Waals surface area (Å²) < 4.78 is 5.29. The summed E-state index contributed by atoms with van der Waals surface area (Å²) in [5.74, 6) is 0.544. The highest BCUT2D eigenvalue weighted by Crippen LogP contribution is 2.32. The second kappa shape index (κ2) is 6.48. The van der Waals surface area contributed by atoms with Gasteiger partial charge in [0.1, 0.15) is 6.61 Å². The maximum Gasteiger partial charge on any atom is 0.246 e. The van der Waals surface area contributed by atoms with Gasteiger partial charge in [-0.15, -0.1) is 0 Å². The van der Waals surface area contributed by atoms with Crippen LogP contribution in [0.5, 0.6) is 0 Å². The van der Waals surface area contributed by atoms with E-state index in [9.17, 15) is 4.79 Å². The smallest absolute Gasteiger partial charge is 0.246 e. The quantitative estimate of drug-likeness (QED) is 0.749. The predicted octanol–water partition coefficient (Wildman–Crippen LogP) is 1.76. The lowest BCUT2D eigenvalue weighted by Crippen LogP contribution is -2.59. The Morgan fingerprint density at radius 3 is 2.50 bits per heavy atom. The summed E-state index contributed by atoms with van der Waals surface area (Å²) in [5, 5.41) is 2.98. The minimum atomic E-state index is -0.501. The fraction of sp³-hybridized carbons (Fsp3) is 0.846. The largest absolute Gasteiger partial charge is 0.391 e. The minimum absolute atomic E-state index is 0.0444. The molecule has 0 bridgehead atoms. The van der Waals surface area contributed by atoms with Gasteiger partial charge in [-0.1, -0.05) is 19.1 Å². The number of ether oxygens (including phenoxy) is 1. The molecule has 0 radical (unpaired) electrons. The molecule has 3 N–H and O–H groups in total. The number of hydrogen-bond acceptors (Lipinski definition) is 3. The number of amides is 1. The third-order valence-corrected chi connectivity index (χ3v) is 3.92. The van der Waals surface area contributed by atoms with Crippen LogP contribution in [-0.4, -0.2) is 29.1 Å². The van der Waals surface area contributed by atoms with Gasteiger partial charge in [0, 0.05) is 0 Å². The van der Waals surface area contributed by atoms with E-state index in [0.717, 1.165) is 25.7 Å². The molecule has 1 fully saturated rings. The van der Waals surface area contributed by atoms with Crippen LogP contribution in [0.2, 0.25) is 0 Å². The lowest BCUT2D eigenvalue weighted by atomic mass is 9.77. The molecule has 0 aromatic rings. The molecule has 0 spiro atoms. The zero-order valence-corrected chi connectivity index (χ0v) is 12.3. The van der Waals surface area contributed by atoms with Crippen molar-refractivity contribution < 1.29 is 9.53 Å². The van der Waals surface area contributed by atoms with Crippen LogP contribution in [0.1, 0.15) is 46.5 Å². The van der Waals surface area contributed by atoms with Crippen LogP contribution in [0.3, 0.4) is 0 Å². The van der Waals surface area contributed by atoms with Crippen molar-refractivity contribution in [3.63, 3.8) is 0 Å². The van der Waals surface area contributed by atoms with Crippen molar-refractivity contribution in [2.45, 2.75) is 58.1 Å². The first-order valence-corrected chi connectivity index (χ1v) is 6.99. The Hall–Kier alpha value is -0.680. The molecule has 18 heavy (non-hydrogen) atoms. The molecular formula is C13H24N2O2S. The van der Waals surface area contributed by atoms with Gasteiger partial charge in [-0.25, -0.2) is 0 Å². The van der Waals surface area contributed by atoms with Gasteiger partial charge in [0.2, 0.25) is 5.91 Å². The van der Waals surface area contributed by atoms with Crippen LogP contribution < -0.4 is 11.1 Å². The number of carbonyl (C=O) groups is 1. The van der Waals surface area contributed by atoms with Gasteiger partial charge in [-0.2, -0.15) is 0 Å².